The van der Waals surface area contributed by atoms with Gasteiger partial charge >= 0.3 is 0 Å². The van der Waals surface area contributed by atoms with E-state index in [4.69, 9.17) is 9.40 Å². The number of hydrogen-bond donors (Lipinski definition) is 0. The maximum absolute atomic E-state index is 6.21. The molecular formula is C53H34N2OS. The van der Waals surface area contributed by atoms with Crippen LogP contribution in [0.15, 0.2) is 211 Å². The van der Waals surface area contributed by atoms with E-state index >= 15 is 0 Å². The summed E-state index contributed by atoms with van der Waals surface area (Å²) in [6.45, 7) is 0. The number of oxazole rings is 1. The largest absolute Gasteiger partial charge is 0.436 e. The van der Waals surface area contributed by atoms with Crippen LogP contribution in [0.5, 0.6) is 0 Å². The molecule has 0 N–H and O–H groups in total. The second-order valence-electron chi connectivity index (χ2n) is 14.4. The predicted octanol–water partition coefficient (Wildman–Crippen LogP) is 15.5. The van der Waals surface area contributed by atoms with E-state index in [-0.39, 0.29) is 0 Å². The third-order valence-electron chi connectivity index (χ3n) is 10.9. The highest BCUT2D eigenvalue weighted by Gasteiger charge is 2.18. The first kappa shape index (κ1) is 33.1. The van der Waals surface area contributed by atoms with E-state index < -0.39 is 0 Å². The first-order valence-corrected chi connectivity index (χ1v) is 20.0. The van der Waals surface area contributed by atoms with Crippen LogP contribution in [0.1, 0.15) is 0 Å². The molecule has 0 saturated heterocycles. The zero-order chi connectivity index (χ0) is 37.7. The van der Waals surface area contributed by atoms with Crippen LogP contribution in [-0.4, -0.2) is 4.98 Å². The molecule has 0 aliphatic carbocycles. The summed E-state index contributed by atoms with van der Waals surface area (Å²) in [5.41, 5.74) is 13.1. The maximum Gasteiger partial charge on any atom is 0.227 e. The van der Waals surface area contributed by atoms with E-state index in [2.05, 4.69) is 181 Å². The van der Waals surface area contributed by atoms with E-state index in [0.717, 1.165) is 39.3 Å². The van der Waals surface area contributed by atoms with Crippen LogP contribution in [0, 0.1) is 0 Å². The molecule has 268 valence electrons. The number of aromatic nitrogens is 1. The standard InChI is InChI=1S/C53H34N2OS/c1-4-12-35(13-5-1)36-20-25-42(26-21-36)55(44-30-41-18-10-11-19-45(41)46(32-44)38-14-6-2-7-15-38)43-27-22-37(23-28-43)40-24-29-51-47(31-40)48-33-49-50(34-52(48)57-51)56-53(54-49)39-16-8-3-9-17-39/h1-34H. The van der Waals surface area contributed by atoms with Crippen LogP contribution >= 0.6 is 11.3 Å². The topological polar surface area (TPSA) is 29.3 Å². The summed E-state index contributed by atoms with van der Waals surface area (Å²) in [5.74, 6) is 0.648. The van der Waals surface area contributed by atoms with Gasteiger partial charge in [-0.1, -0.05) is 133 Å². The van der Waals surface area contributed by atoms with Crippen LogP contribution in [0.2, 0.25) is 0 Å². The van der Waals surface area contributed by atoms with E-state index in [0.29, 0.717) is 5.89 Å². The fourth-order valence-electron chi connectivity index (χ4n) is 8.05. The summed E-state index contributed by atoms with van der Waals surface area (Å²) in [7, 11) is 0. The lowest BCUT2D eigenvalue weighted by Gasteiger charge is -2.27. The lowest BCUT2D eigenvalue weighted by Crippen LogP contribution is -2.10. The molecule has 3 nitrogen and oxygen atoms in total. The van der Waals surface area contributed by atoms with Crippen LogP contribution in [0.4, 0.5) is 17.1 Å². The van der Waals surface area contributed by atoms with Crippen molar-refractivity contribution in [2.45, 2.75) is 0 Å². The van der Waals surface area contributed by atoms with Gasteiger partial charge in [0.15, 0.2) is 5.58 Å². The molecule has 0 amide bonds. The van der Waals surface area contributed by atoms with Gasteiger partial charge in [-0.3, -0.25) is 0 Å². The minimum atomic E-state index is 0.648. The first-order chi connectivity index (χ1) is 28.2. The van der Waals surface area contributed by atoms with Crippen molar-refractivity contribution in [2.24, 2.45) is 0 Å². The third-order valence-corrected chi connectivity index (χ3v) is 12.0. The average Bonchev–Trinajstić information content (AvgIpc) is 3.87. The fourth-order valence-corrected chi connectivity index (χ4v) is 9.14. The van der Waals surface area contributed by atoms with Gasteiger partial charge in [0.1, 0.15) is 5.52 Å². The van der Waals surface area contributed by atoms with Crippen LogP contribution in [-0.2, 0) is 0 Å². The molecule has 9 aromatic carbocycles. The Morgan fingerprint density at radius 3 is 1.65 bits per heavy atom. The number of hydrogen-bond acceptors (Lipinski definition) is 4. The van der Waals surface area contributed by atoms with Gasteiger partial charge in [-0.2, -0.15) is 0 Å². The molecule has 0 aliphatic heterocycles. The summed E-state index contributed by atoms with van der Waals surface area (Å²) >= 11 is 1.79. The summed E-state index contributed by atoms with van der Waals surface area (Å²) < 4.78 is 8.65. The SMILES string of the molecule is c1ccc(-c2ccc(N(c3ccc(-c4ccc5sc6cc7oc(-c8ccccc8)nc7cc6c5c4)cc3)c3cc(-c4ccccc4)c4ccccc4c3)cc2)cc1. The molecule has 0 saturated carbocycles. The molecule has 11 rings (SSSR count). The minimum absolute atomic E-state index is 0.648. The second kappa shape index (κ2) is 13.8. The van der Waals surface area contributed by atoms with Gasteiger partial charge < -0.3 is 9.32 Å². The Bertz CT molecular complexity index is 3210. The molecule has 4 heteroatoms. The Kier molecular flexibility index (Phi) is 8.01. The number of rotatable bonds is 7. The molecule has 0 spiro atoms. The number of thiophene rings is 1. The monoisotopic (exact) mass is 746 g/mol. The normalized spacial score (nSPS) is 11.5. The van der Waals surface area contributed by atoms with Crippen molar-refractivity contribution in [3.63, 3.8) is 0 Å². The highest BCUT2D eigenvalue weighted by molar-refractivity contribution is 7.25. The third kappa shape index (κ3) is 6.04. The zero-order valence-electron chi connectivity index (χ0n) is 30.8. The molecule has 11 aromatic rings. The van der Waals surface area contributed by atoms with Crippen LogP contribution in [0.25, 0.3) is 86.9 Å². The minimum Gasteiger partial charge on any atom is -0.436 e. The molecule has 2 aromatic heterocycles. The molecule has 0 atom stereocenters. The number of fused-ring (bicyclic) bond motifs is 5. The summed E-state index contributed by atoms with van der Waals surface area (Å²) in [6.07, 6.45) is 0. The molecule has 0 fully saturated rings. The lowest BCUT2D eigenvalue weighted by molar-refractivity contribution is 0.620. The van der Waals surface area contributed by atoms with E-state index in [9.17, 15) is 0 Å². The van der Waals surface area contributed by atoms with Crippen molar-refractivity contribution in [2.75, 3.05) is 4.90 Å². The van der Waals surface area contributed by atoms with Crippen LogP contribution in [0.3, 0.4) is 0 Å². The van der Waals surface area contributed by atoms with Crippen LogP contribution < -0.4 is 4.90 Å². The van der Waals surface area contributed by atoms with Crippen molar-refractivity contribution in [1.82, 2.24) is 4.98 Å². The Labute approximate surface area is 334 Å². The number of benzene rings is 9. The summed E-state index contributed by atoms with van der Waals surface area (Å²) in [5, 5.41) is 4.86. The highest BCUT2D eigenvalue weighted by atomic mass is 32.1. The number of nitrogens with zero attached hydrogens (tertiary/aromatic N) is 2. The molecular weight excluding hydrogens is 713 g/mol. The van der Waals surface area contributed by atoms with Gasteiger partial charge in [0.05, 0.1) is 0 Å². The van der Waals surface area contributed by atoms with Gasteiger partial charge in [-0.15, -0.1) is 11.3 Å². The Hall–Kier alpha value is -7.27. The first-order valence-electron chi connectivity index (χ1n) is 19.2. The van der Waals surface area contributed by atoms with Gasteiger partial charge in [0.25, 0.3) is 0 Å². The summed E-state index contributed by atoms with van der Waals surface area (Å²) in [6, 6.07) is 73.7. The Balaban J connectivity index is 1.00. The zero-order valence-corrected chi connectivity index (χ0v) is 31.7. The van der Waals surface area contributed by atoms with Gasteiger partial charge in [0.2, 0.25) is 5.89 Å². The average molecular weight is 747 g/mol. The summed E-state index contributed by atoms with van der Waals surface area (Å²) in [4.78, 5) is 7.24. The van der Waals surface area contributed by atoms with Gasteiger partial charge in [0, 0.05) is 48.9 Å². The van der Waals surface area contributed by atoms with Crippen molar-refractivity contribution in [3.05, 3.63) is 206 Å². The number of anilines is 3. The molecule has 0 bridgehead atoms. The van der Waals surface area contributed by atoms with E-state index in [1.807, 2.05) is 30.3 Å². The molecule has 57 heavy (non-hydrogen) atoms. The smallest absolute Gasteiger partial charge is 0.227 e. The van der Waals surface area contributed by atoms with Crippen molar-refractivity contribution < 1.29 is 4.42 Å². The molecule has 0 unspecified atom stereocenters. The highest BCUT2D eigenvalue weighted by Crippen LogP contribution is 2.43. The molecule has 2 heterocycles. The van der Waals surface area contributed by atoms with Gasteiger partial charge in [-0.25, -0.2) is 4.98 Å². The Morgan fingerprint density at radius 2 is 0.947 bits per heavy atom. The van der Waals surface area contributed by atoms with Crippen molar-refractivity contribution >= 4 is 70.4 Å². The van der Waals surface area contributed by atoms with E-state index in [1.165, 1.54) is 58.8 Å². The van der Waals surface area contributed by atoms with Crippen molar-refractivity contribution in [3.8, 4) is 44.8 Å². The van der Waals surface area contributed by atoms with E-state index in [1.54, 1.807) is 11.3 Å². The van der Waals surface area contributed by atoms with Gasteiger partial charge in [-0.05, 0) is 111 Å². The molecule has 0 aliphatic rings. The maximum atomic E-state index is 6.21. The predicted molar refractivity (Wildman–Crippen MR) is 241 cm³/mol. The Morgan fingerprint density at radius 1 is 0.386 bits per heavy atom. The van der Waals surface area contributed by atoms with Crippen molar-refractivity contribution in [1.29, 1.82) is 0 Å². The quantitative estimate of drug-likeness (QED) is 0.163. The molecule has 0 radical (unpaired) electrons. The second-order valence-corrected chi connectivity index (χ2v) is 15.5. The lowest BCUT2D eigenvalue weighted by atomic mass is 9.96. The fraction of sp³-hybridized carbons (Fsp3) is 0.